The maximum Gasteiger partial charge on any atom is 0.493 e. The number of aromatic nitrogens is 1. The number of urea groups is 1. The molecule has 0 spiro atoms. The number of fused-ring (bicyclic) bond motifs is 2. The van der Waals surface area contributed by atoms with Crippen LogP contribution in [0.2, 0.25) is 5.02 Å². The van der Waals surface area contributed by atoms with Gasteiger partial charge in [0.25, 0.3) is 5.91 Å². The Morgan fingerprint density at radius 1 is 1.09 bits per heavy atom. The van der Waals surface area contributed by atoms with Gasteiger partial charge in [-0.3, -0.25) is 4.79 Å². The van der Waals surface area contributed by atoms with Crippen molar-refractivity contribution < 1.29 is 36.8 Å². The number of carbonyl (C=O) groups is 3. The number of anilines is 2. The minimum atomic E-state index is -5.50. The molecule has 9 nitrogen and oxygen atoms in total. The Morgan fingerprint density at radius 2 is 1.79 bits per heavy atom. The zero-order chi connectivity index (χ0) is 34.0. The number of hydrogen-bond acceptors (Lipinski definition) is 5. The lowest BCUT2D eigenvalue weighted by Crippen LogP contribution is -2.57. The first-order valence-electron chi connectivity index (χ1n) is 14.7. The maximum absolute atomic E-state index is 14.8. The molecule has 2 unspecified atom stereocenters. The number of H-pyrrole nitrogens is 1. The van der Waals surface area contributed by atoms with E-state index in [0.29, 0.717) is 40.1 Å². The fraction of sp³-hybridized carbons (Fsp3) is 0.303. The molecular formula is C33H32ClF4N5O4. The molecule has 1 aromatic heterocycles. The number of halogens is 5. The second kappa shape index (κ2) is 13.6. The Hall–Kier alpha value is -4.62. The van der Waals surface area contributed by atoms with E-state index in [1.165, 1.54) is 17.0 Å². The van der Waals surface area contributed by atoms with Crippen molar-refractivity contribution in [3.8, 4) is 0 Å². The molecule has 248 valence electrons. The van der Waals surface area contributed by atoms with Gasteiger partial charge < -0.3 is 24.9 Å². The van der Waals surface area contributed by atoms with Gasteiger partial charge in [0.05, 0.1) is 0 Å². The number of nitrogens with zero attached hydrogens (tertiary/aromatic N) is 3. The Balaban J connectivity index is 1.65. The summed E-state index contributed by atoms with van der Waals surface area (Å²) in [6.07, 6.45) is -3.34. The summed E-state index contributed by atoms with van der Waals surface area (Å²) in [7, 11) is 3.75. The SMILES string of the molecule is CC(c1c[nH]c2ccccc12)C(C(=O)N1C[C@@H](CN(C)C)Cc2cc(Cl)ccc21)N(OC(=O)C(F)(F)F)C(=O)Nc1ccc(F)cc1. The number of hydrogen-bond donors (Lipinski definition) is 2. The van der Waals surface area contributed by atoms with E-state index in [1.54, 1.807) is 55.6 Å². The Labute approximate surface area is 273 Å². The maximum atomic E-state index is 14.8. The zero-order valence-electron chi connectivity index (χ0n) is 25.6. The van der Waals surface area contributed by atoms with Gasteiger partial charge in [-0.2, -0.15) is 13.2 Å². The molecule has 1 aliphatic rings. The molecule has 47 heavy (non-hydrogen) atoms. The van der Waals surface area contributed by atoms with Crippen molar-refractivity contribution in [1.82, 2.24) is 14.9 Å². The lowest BCUT2D eigenvalue weighted by molar-refractivity contribution is -0.233. The predicted molar refractivity (Wildman–Crippen MR) is 169 cm³/mol. The molecule has 3 aromatic carbocycles. The first kappa shape index (κ1) is 33.7. The van der Waals surface area contributed by atoms with Gasteiger partial charge in [-0.05, 0) is 86.1 Å². The van der Waals surface area contributed by atoms with Crippen molar-refractivity contribution in [3.05, 3.63) is 94.9 Å². The standard InChI is InChI=1S/C33H32ClF4N5O4/c1-19(26-16-39-27-7-5-4-6-25(26)27)29(30(44)42-18-20(17-41(2)3)14-21-15-22(34)8-13-28(21)42)43(47-31(45)33(36,37)38)32(46)40-24-11-9-23(35)10-12-24/h4-13,15-16,19-20,29,39H,14,17-18H2,1-3H3,(H,40,46)/t19?,20-,29?/m1/s1. The molecule has 3 atom stereocenters. The van der Waals surface area contributed by atoms with Gasteiger partial charge >= 0.3 is 18.2 Å². The molecular weight excluding hydrogens is 642 g/mol. The Kier molecular flexibility index (Phi) is 9.78. The van der Waals surface area contributed by atoms with E-state index >= 15 is 0 Å². The largest absolute Gasteiger partial charge is 0.493 e. The van der Waals surface area contributed by atoms with Crippen LogP contribution in [0.25, 0.3) is 10.9 Å². The minimum Gasteiger partial charge on any atom is -0.361 e. The van der Waals surface area contributed by atoms with Crippen LogP contribution in [0.5, 0.6) is 0 Å². The second-order valence-electron chi connectivity index (χ2n) is 11.7. The number of nitrogens with one attached hydrogen (secondary N) is 2. The van der Waals surface area contributed by atoms with Gasteiger partial charge in [-0.1, -0.05) is 36.7 Å². The van der Waals surface area contributed by atoms with Crippen LogP contribution in [0, 0.1) is 11.7 Å². The van der Waals surface area contributed by atoms with Gasteiger partial charge in [0.1, 0.15) is 5.82 Å². The molecule has 0 fully saturated rings. The van der Waals surface area contributed by atoms with Crippen LogP contribution < -0.4 is 10.2 Å². The summed E-state index contributed by atoms with van der Waals surface area (Å²) in [4.78, 5) is 52.2. The van der Waals surface area contributed by atoms with Crippen molar-refractivity contribution in [3.63, 3.8) is 0 Å². The van der Waals surface area contributed by atoms with Crippen molar-refractivity contribution in [2.75, 3.05) is 37.4 Å². The smallest absolute Gasteiger partial charge is 0.361 e. The highest BCUT2D eigenvalue weighted by Gasteiger charge is 2.48. The number of para-hydroxylation sites is 1. The van der Waals surface area contributed by atoms with Crippen LogP contribution in [-0.4, -0.2) is 72.3 Å². The van der Waals surface area contributed by atoms with E-state index in [2.05, 4.69) is 10.3 Å². The average molecular weight is 674 g/mol. The van der Waals surface area contributed by atoms with Crippen molar-refractivity contribution in [2.45, 2.75) is 31.5 Å². The molecule has 2 N–H and O–H groups in total. The zero-order valence-corrected chi connectivity index (χ0v) is 26.4. The van der Waals surface area contributed by atoms with E-state index < -0.39 is 41.9 Å². The van der Waals surface area contributed by atoms with Crippen molar-refractivity contribution in [2.24, 2.45) is 5.92 Å². The van der Waals surface area contributed by atoms with E-state index in [9.17, 15) is 31.9 Å². The average Bonchev–Trinajstić information content (AvgIpc) is 3.44. The first-order chi connectivity index (χ1) is 22.2. The van der Waals surface area contributed by atoms with E-state index in [4.69, 9.17) is 16.4 Å². The van der Waals surface area contributed by atoms with Gasteiger partial charge in [-0.25, -0.2) is 14.0 Å². The van der Waals surface area contributed by atoms with E-state index in [-0.39, 0.29) is 23.2 Å². The third-order valence-corrected chi connectivity index (χ3v) is 8.21. The fourth-order valence-electron chi connectivity index (χ4n) is 5.96. The van der Waals surface area contributed by atoms with Crippen molar-refractivity contribution >= 4 is 51.8 Å². The molecule has 0 bridgehead atoms. The summed E-state index contributed by atoms with van der Waals surface area (Å²) in [6, 6.07) is 13.3. The molecule has 0 saturated carbocycles. The predicted octanol–water partition coefficient (Wildman–Crippen LogP) is 6.75. The quantitative estimate of drug-likeness (QED) is 0.167. The molecule has 14 heteroatoms. The van der Waals surface area contributed by atoms with Gasteiger partial charge in [-0.15, -0.1) is 5.06 Å². The van der Waals surface area contributed by atoms with Gasteiger partial charge in [0, 0.05) is 52.5 Å². The van der Waals surface area contributed by atoms with Crippen LogP contribution in [-0.2, 0) is 20.8 Å². The third-order valence-electron chi connectivity index (χ3n) is 7.97. The normalized spacial score (nSPS) is 16.0. The Bertz CT molecular complexity index is 1780. The van der Waals surface area contributed by atoms with Crippen LogP contribution in [0.1, 0.15) is 24.0 Å². The highest BCUT2D eigenvalue weighted by Crippen LogP contribution is 2.37. The highest BCUT2D eigenvalue weighted by atomic mass is 35.5. The number of hydroxylamine groups is 2. The number of rotatable bonds is 7. The highest BCUT2D eigenvalue weighted by molar-refractivity contribution is 6.30. The molecule has 0 radical (unpaired) electrons. The van der Waals surface area contributed by atoms with E-state index in [0.717, 1.165) is 17.7 Å². The lowest BCUT2D eigenvalue weighted by atomic mass is 9.88. The van der Waals surface area contributed by atoms with Crippen LogP contribution in [0.3, 0.4) is 0 Å². The topological polar surface area (TPSA) is 98.0 Å². The first-order valence-corrected chi connectivity index (χ1v) is 15.1. The van der Waals surface area contributed by atoms with Crippen LogP contribution >= 0.6 is 11.6 Å². The summed E-state index contributed by atoms with van der Waals surface area (Å²) in [5, 5.41) is 3.56. The summed E-state index contributed by atoms with van der Waals surface area (Å²) in [5.74, 6) is -5.25. The fourth-order valence-corrected chi connectivity index (χ4v) is 6.15. The number of amides is 3. The lowest BCUT2D eigenvalue weighted by Gasteiger charge is -2.40. The number of aromatic amines is 1. The number of carbonyl (C=O) groups excluding carboxylic acids is 3. The molecule has 5 rings (SSSR count). The van der Waals surface area contributed by atoms with Crippen molar-refractivity contribution in [1.29, 1.82) is 0 Å². The molecule has 0 saturated heterocycles. The summed E-state index contributed by atoms with van der Waals surface area (Å²) in [6.45, 7) is 2.28. The molecule has 1 aliphatic heterocycles. The molecule has 2 heterocycles. The second-order valence-corrected chi connectivity index (χ2v) is 12.2. The number of alkyl halides is 3. The van der Waals surface area contributed by atoms with E-state index in [1.807, 2.05) is 19.0 Å². The minimum absolute atomic E-state index is 0.0144. The molecule has 0 aliphatic carbocycles. The summed E-state index contributed by atoms with van der Waals surface area (Å²) in [5.41, 5.74) is 2.35. The van der Waals surface area contributed by atoms with Gasteiger partial charge in [0.2, 0.25) is 0 Å². The molecule has 4 aromatic rings. The monoisotopic (exact) mass is 673 g/mol. The molecule has 3 amide bonds. The van der Waals surface area contributed by atoms with Crippen LogP contribution in [0.4, 0.5) is 33.7 Å². The summed E-state index contributed by atoms with van der Waals surface area (Å²) >= 11 is 6.31. The Morgan fingerprint density at radius 3 is 2.47 bits per heavy atom. The third kappa shape index (κ3) is 7.52. The van der Waals surface area contributed by atoms with Crippen LogP contribution in [0.15, 0.2) is 72.9 Å². The number of benzene rings is 3. The summed E-state index contributed by atoms with van der Waals surface area (Å²) < 4.78 is 54.6. The van der Waals surface area contributed by atoms with Gasteiger partial charge in [0.15, 0.2) is 6.04 Å².